The Morgan fingerprint density at radius 1 is 0.914 bits per heavy atom. The predicted molar refractivity (Wildman–Crippen MR) is 121 cm³/mol. The van der Waals surface area contributed by atoms with Crippen LogP contribution in [-0.4, -0.2) is 74.7 Å². The van der Waals surface area contributed by atoms with Crippen LogP contribution in [0.2, 0.25) is 0 Å². The van der Waals surface area contributed by atoms with E-state index in [0.717, 1.165) is 0 Å². The molecule has 0 aromatic carbocycles. The zero-order valence-corrected chi connectivity index (χ0v) is 19.4. The van der Waals surface area contributed by atoms with Crippen molar-refractivity contribution in [3.8, 4) is 0 Å². The molecule has 0 fully saturated rings. The van der Waals surface area contributed by atoms with Gasteiger partial charge in [-0.2, -0.15) is 0 Å². The van der Waals surface area contributed by atoms with Gasteiger partial charge in [0.2, 0.25) is 29.5 Å². The third kappa shape index (κ3) is 10.6. The van der Waals surface area contributed by atoms with Crippen LogP contribution in [0.1, 0.15) is 38.8 Å². The summed E-state index contributed by atoms with van der Waals surface area (Å²) in [6.45, 7) is 3.59. The number of carboxylic acids is 1. The molecule has 15 heteroatoms. The minimum atomic E-state index is -1.61. The Bertz CT molecular complexity index is 919. The Labute approximate surface area is 200 Å². The van der Waals surface area contributed by atoms with E-state index in [-0.39, 0.29) is 18.8 Å². The highest BCUT2D eigenvalue weighted by Gasteiger charge is 2.31. The summed E-state index contributed by atoms with van der Waals surface area (Å²) in [5, 5.41) is 16.4. The van der Waals surface area contributed by atoms with Crippen molar-refractivity contribution < 1.29 is 33.9 Å². The molecule has 0 bridgehead atoms. The number of imidazole rings is 1. The van der Waals surface area contributed by atoms with E-state index in [9.17, 15) is 33.9 Å². The smallest absolute Gasteiger partial charge is 0.326 e. The van der Waals surface area contributed by atoms with Crippen LogP contribution in [0, 0.1) is 5.92 Å². The molecule has 1 aromatic rings. The number of primary amides is 2. The second kappa shape index (κ2) is 13.6. The number of aliphatic carboxylic acids is 1. The molecule has 4 atom stereocenters. The summed E-state index contributed by atoms with van der Waals surface area (Å²) in [6.07, 6.45) is 1.73. The van der Waals surface area contributed by atoms with Crippen molar-refractivity contribution in [2.24, 2.45) is 23.1 Å². The van der Waals surface area contributed by atoms with E-state index >= 15 is 0 Å². The largest absolute Gasteiger partial charge is 0.480 e. The number of hydrogen-bond donors (Lipinski definition) is 8. The molecule has 0 spiro atoms. The zero-order valence-electron chi connectivity index (χ0n) is 19.4. The quantitative estimate of drug-likeness (QED) is 0.120. The number of nitrogens with one attached hydrogen (secondary N) is 4. The van der Waals surface area contributed by atoms with E-state index in [1.165, 1.54) is 12.5 Å². The topological polar surface area (TPSA) is 265 Å². The number of amides is 5. The number of aromatic nitrogens is 2. The molecule has 194 valence electrons. The molecule has 1 aromatic heterocycles. The highest BCUT2D eigenvalue weighted by Crippen LogP contribution is 2.08. The van der Waals surface area contributed by atoms with Gasteiger partial charge in [0.05, 0.1) is 25.2 Å². The van der Waals surface area contributed by atoms with E-state index in [1.54, 1.807) is 13.8 Å². The average molecular weight is 497 g/mol. The summed E-state index contributed by atoms with van der Waals surface area (Å²) in [5.41, 5.74) is 16.2. The molecular weight excluding hydrogens is 464 g/mol. The first-order chi connectivity index (χ1) is 16.3. The van der Waals surface area contributed by atoms with Gasteiger partial charge in [-0.05, 0) is 12.3 Å². The first kappa shape index (κ1) is 29.0. The van der Waals surface area contributed by atoms with Crippen molar-refractivity contribution in [3.63, 3.8) is 0 Å². The maximum Gasteiger partial charge on any atom is 0.326 e. The molecule has 15 nitrogen and oxygen atoms in total. The number of nitrogens with zero attached hydrogens (tertiary/aromatic N) is 1. The molecule has 0 aliphatic carbocycles. The maximum absolute atomic E-state index is 13.0. The lowest BCUT2D eigenvalue weighted by molar-refractivity contribution is -0.143. The summed E-state index contributed by atoms with van der Waals surface area (Å²) >= 11 is 0. The van der Waals surface area contributed by atoms with Crippen molar-refractivity contribution in [2.75, 3.05) is 0 Å². The van der Waals surface area contributed by atoms with E-state index in [1.807, 2.05) is 0 Å². The van der Waals surface area contributed by atoms with Gasteiger partial charge < -0.3 is 43.2 Å². The van der Waals surface area contributed by atoms with Crippen LogP contribution >= 0.6 is 0 Å². The summed E-state index contributed by atoms with van der Waals surface area (Å²) in [5.74, 6) is -5.73. The van der Waals surface area contributed by atoms with E-state index < -0.39 is 72.5 Å². The van der Waals surface area contributed by atoms with Crippen LogP contribution in [0.25, 0.3) is 0 Å². The lowest BCUT2D eigenvalue weighted by Gasteiger charge is -2.25. The normalized spacial score (nSPS) is 14.3. The Hall–Kier alpha value is -4.01. The first-order valence-electron chi connectivity index (χ1n) is 10.7. The fraction of sp³-hybridized carbons (Fsp3) is 0.550. The van der Waals surface area contributed by atoms with Crippen LogP contribution in [0.3, 0.4) is 0 Å². The van der Waals surface area contributed by atoms with Crippen LogP contribution in [-0.2, 0) is 35.2 Å². The standard InChI is InChI=1S/C20H32N8O7/c1-9(2)3-12(26-17(31)11(21)5-15(22)29)18(32)27-13(4-10-7-24-8-25-10)19(33)28-14(20(34)35)6-16(23)30/h7-9,11-14H,3-6,21H2,1-2H3,(H2,22,29)(H2,23,30)(H,24,25)(H,26,31)(H,27,32)(H,28,33)(H,34,35). The Morgan fingerprint density at radius 2 is 1.46 bits per heavy atom. The Kier molecular flexibility index (Phi) is 11.3. The van der Waals surface area contributed by atoms with Crippen molar-refractivity contribution in [1.29, 1.82) is 0 Å². The zero-order chi connectivity index (χ0) is 26.7. The fourth-order valence-corrected chi connectivity index (χ4v) is 3.06. The minimum absolute atomic E-state index is 0.0646. The number of carbonyl (C=O) groups is 6. The van der Waals surface area contributed by atoms with Gasteiger partial charge in [0.15, 0.2) is 0 Å². The van der Waals surface area contributed by atoms with Crippen LogP contribution in [0.15, 0.2) is 12.5 Å². The number of rotatable bonds is 15. The molecular formula is C20H32N8O7. The van der Waals surface area contributed by atoms with Crippen LogP contribution in [0.4, 0.5) is 0 Å². The summed E-state index contributed by atoms with van der Waals surface area (Å²) < 4.78 is 0. The first-order valence-corrected chi connectivity index (χ1v) is 10.7. The lowest BCUT2D eigenvalue weighted by Crippen LogP contribution is -2.58. The number of H-pyrrole nitrogens is 1. The number of carboxylic acid groups (broad SMARTS) is 1. The van der Waals surface area contributed by atoms with E-state index in [2.05, 4.69) is 25.9 Å². The van der Waals surface area contributed by atoms with Crippen LogP contribution in [0.5, 0.6) is 0 Å². The molecule has 1 heterocycles. The number of nitrogens with two attached hydrogens (primary N) is 3. The molecule has 0 aliphatic rings. The van der Waals surface area contributed by atoms with Crippen molar-refractivity contribution in [1.82, 2.24) is 25.9 Å². The summed E-state index contributed by atoms with van der Waals surface area (Å²) in [4.78, 5) is 78.5. The van der Waals surface area contributed by atoms with Gasteiger partial charge >= 0.3 is 5.97 Å². The van der Waals surface area contributed by atoms with Gasteiger partial charge in [0.1, 0.15) is 18.1 Å². The second-order valence-corrected chi connectivity index (χ2v) is 8.38. The fourth-order valence-electron chi connectivity index (χ4n) is 3.06. The summed E-state index contributed by atoms with van der Waals surface area (Å²) in [7, 11) is 0. The SMILES string of the molecule is CC(C)CC(NC(=O)C(N)CC(N)=O)C(=O)NC(Cc1cnc[nH]1)C(=O)NC(CC(N)=O)C(=O)O. The van der Waals surface area contributed by atoms with E-state index in [4.69, 9.17) is 17.2 Å². The molecule has 0 radical (unpaired) electrons. The lowest BCUT2D eigenvalue weighted by atomic mass is 10.0. The number of carbonyl (C=O) groups excluding carboxylic acids is 5. The van der Waals surface area contributed by atoms with Crippen molar-refractivity contribution >= 4 is 35.5 Å². The molecule has 0 saturated heterocycles. The molecule has 11 N–H and O–H groups in total. The van der Waals surface area contributed by atoms with Crippen molar-refractivity contribution in [2.45, 2.75) is 63.7 Å². The van der Waals surface area contributed by atoms with Gasteiger partial charge in [0.25, 0.3) is 0 Å². The van der Waals surface area contributed by atoms with Gasteiger partial charge in [-0.3, -0.25) is 24.0 Å². The summed E-state index contributed by atoms with van der Waals surface area (Å²) in [6, 6.07) is -5.31. The highest BCUT2D eigenvalue weighted by molar-refractivity contribution is 5.95. The highest BCUT2D eigenvalue weighted by atomic mass is 16.4. The Balaban J connectivity index is 3.08. The Morgan fingerprint density at radius 3 is 1.94 bits per heavy atom. The maximum atomic E-state index is 13.0. The molecule has 0 saturated carbocycles. The minimum Gasteiger partial charge on any atom is -0.480 e. The number of hydrogen-bond acceptors (Lipinski definition) is 8. The second-order valence-electron chi connectivity index (χ2n) is 8.38. The third-order valence-electron chi connectivity index (χ3n) is 4.73. The van der Waals surface area contributed by atoms with E-state index in [0.29, 0.717) is 5.69 Å². The molecule has 0 aliphatic heterocycles. The van der Waals surface area contributed by atoms with Crippen molar-refractivity contribution in [3.05, 3.63) is 18.2 Å². The molecule has 4 unspecified atom stereocenters. The van der Waals surface area contributed by atoms with Gasteiger partial charge in [0, 0.05) is 18.3 Å². The van der Waals surface area contributed by atoms with Gasteiger partial charge in [-0.1, -0.05) is 13.8 Å². The van der Waals surface area contributed by atoms with Gasteiger partial charge in [-0.15, -0.1) is 0 Å². The number of aromatic amines is 1. The molecule has 35 heavy (non-hydrogen) atoms. The molecule has 5 amide bonds. The van der Waals surface area contributed by atoms with Gasteiger partial charge in [-0.25, -0.2) is 9.78 Å². The average Bonchev–Trinajstić information content (AvgIpc) is 3.24. The predicted octanol–water partition coefficient (Wildman–Crippen LogP) is -3.38. The third-order valence-corrected chi connectivity index (χ3v) is 4.73. The van der Waals surface area contributed by atoms with Crippen LogP contribution < -0.4 is 33.2 Å². The monoisotopic (exact) mass is 496 g/mol. The molecule has 1 rings (SSSR count).